The Balaban J connectivity index is 1.80. The smallest absolute Gasteiger partial charge is 0.329 e. The van der Waals surface area contributed by atoms with Gasteiger partial charge in [-0.3, -0.25) is 14.5 Å². The molecule has 10 heteroatoms. The lowest BCUT2D eigenvalue weighted by molar-refractivity contribution is -0.130. The SMILES string of the molecule is CC(C)Oc1cc2[nH]c(=O)n(C(Cc3ccc(-c4ccccc4)cc3)C(=O)N(C)C(N)=O)c(=O)c2cc1Cl. The summed E-state index contributed by atoms with van der Waals surface area (Å²) in [5.74, 6) is -0.496. The van der Waals surface area contributed by atoms with Crippen molar-refractivity contribution in [3.63, 3.8) is 0 Å². The molecule has 0 saturated carbocycles. The zero-order chi connectivity index (χ0) is 27.6. The highest BCUT2D eigenvalue weighted by atomic mass is 35.5. The van der Waals surface area contributed by atoms with Crippen molar-refractivity contribution in [2.75, 3.05) is 7.05 Å². The van der Waals surface area contributed by atoms with Gasteiger partial charge >= 0.3 is 11.7 Å². The number of benzene rings is 3. The number of carbonyl (C=O) groups excluding carboxylic acids is 2. The molecule has 4 rings (SSSR count). The van der Waals surface area contributed by atoms with Crippen molar-refractivity contribution in [3.8, 4) is 16.9 Å². The number of hydrogen-bond acceptors (Lipinski definition) is 5. The summed E-state index contributed by atoms with van der Waals surface area (Å²) in [7, 11) is 1.20. The van der Waals surface area contributed by atoms with Gasteiger partial charge in [-0.15, -0.1) is 0 Å². The molecule has 0 spiro atoms. The summed E-state index contributed by atoms with van der Waals surface area (Å²) >= 11 is 6.34. The van der Waals surface area contributed by atoms with Crippen LogP contribution in [0.5, 0.6) is 5.75 Å². The first-order valence-electron chi connectivity index (χ1n) is 11.9. The Bertz CT molecular complexity index is 1610. The summed E-state index contributed by atoms with van der Waals surface area (Å²) in [5, 5.41) is 0.264. The number of fused-ring (bicyclic) bond motifs is 1. The largest absolute Gasteiger partial charge is 0.489 e. The van der Waals surface area contributed by atoms with Crippen LogP contribution in [0.15, 0.2) is 76.3 Å². The monoisotopic (exact) mass is 534 g/mol. The van der Waals surface area contributed by atoms with Crippen LogP contribution >= 0.6 is 11.6 Å². The number of ether oxygens (including phenoxy) is 1. The molecular formula is C28H27ClN4O5. The normalized spacial score (nSPS) is 11.9. The third-order valence-corrected chi connectivity index (χ3v) is 6.39. The van der Waals surface area contributed by atoms with Crippen LogP contribution < -0.4 is 21.7 Å². The van der Waals surface area contributed by atoms with Crippen LogP contribution in [0.3, 0.4) is 0 Å². The van der Waals surface area contributed by atoms with E-state index >= 15 is 0 Å². The molecule has 0 aliphatic rings. The van der Waals surface area contributed by atoms with Crippen molar-refractivity contribution in [2.45, 2.75) is 32.4 Å². The number of likely N-dealkylation sites (N-methyl/N-ethyl adjacent to an activating group) is 1. The van der Waals surface area contributed by atoms with Gasteiger partial charge in [0, 0.05) is 19.5 Å². The van der Waals surface area contributed by atoms with Crippen molar-refractivity contribution < 1.29 is 14.3 Å². The average molecular weight is 535 g/mol. The van der Waals surface area contributed by atoms with Gasteiger partial charge in [0.05, 0.1) is 22.0 Å². The second-order valence-electron chi connectivity index (χ2n) is 9.12. The number of nitrogens with zero attached hydrogens (tertiary/aromatic N) is 2. The zero-order valence-electron chi connectivity index (χ0n) is 21.1. The molecule has 0 aliphatic carbocycles. The molecule has 1 unspecified atom stereocenters. The molecule has 9 nitrogen and oxygen atoms in total. The maximum atomic E-state index is 13.6. The molecule has 0 radical (unpaired) electrons. The molecule has 3 N–H and O–H groups in total. The molecule has 1 atom stereocenters. The Morgan fingerprint density at radius 3 is 2.26 bits per heavy atom. The van der Waals surface area contributed by atoms with Gasteiger partial charge in [0.15, 0.2) is 0 Å². The number of imide groups is 1. The van der Waals surface area contributed by atoms with E-state index in [1.54, 1.807) is 12.1 Å². The van der Waals surface area contributed by atoms with Gasteiger partial charge in [-0.05, 0) is 36.6 Å². The fourth-order valence-electron chi connectivity index (χ4n) is 4.17. The number of nitrogens with one attached hydrogen (secondary N) is 1. The summed E-state index contributed by atoms with van der Waals surface area (Å²) in [6.07, 6.45) is -0.223. The number of H-pyrrole nitrogens is 1. The lowest BCUT2D eigenvalue weighted by atomic mass is 10.00. The highest BCUT2D eigenvalue weighted by Crippen LogP contribution is 2.29. The minimum absolute atomic E-state index is 0.0394. The first-order valence-corrected chi connectivity index (χ1v) is 12.3. The summed E-state index contributed by atoms with van der Waals surface area (Å²) in [4.78, 5) is 55.2. The van der Waals surface area contributed by atoms with Crippen molar-refractivity contribution in [1.29, 1.82) is 0 Å². The van der Waals surface area contributed by atoms with Crippen molar-refractivity contribution >= 4 is 34.4 Å². The van der Waals surface area contributed by atoms with Crippen molar-refractivity contribution in [1.82, 2.24) is 14.5 Å². The number of halogens is 1. The molecule has 4 aromatic rings. The molecule has 3 aromatic carbocycles. The Morgan fingerprint density at radius 2 is 1.66 bits per heavy atom. The highest BCUT2D eigenvalue weighted by Gasteiger charge is 2.30. The second-order valence-corrected chi connectivity index (χ2v) is 9.53. The topological polar surface area (TPSA) is 127 Å². The van der Waals surface area contributed by atoms with Crippen LogP contribution in [-0.2, 0) is 11.2 Å². The lowest BCUT2D eigenvalue weighted by Crippen LogP contribution is -2.48. The third kappa shape index (κ3) is 5.47. The van der Waals surface area contributed by atoms with Gasteiger partial charge in [-0.1, -0.05) is 66.2 Å². The third-order valence-electron chi connectivity index (χ3n) is 6.09. The van der Waals surface area contributed by atoms with Crippen LogP contribution in [0, 0.1) is 0 Å². The summed E-state index contributed by atoms with van der Waals surface area (Å²) in [6, 6.07) is 17.6. The van der Waals surface area contributed by atoms with E-state index in [0.29, 0.717) is 16.2 Å². The van der Waals surface area contributed by atoms with Gasteiger partial charge in [0.2, 0.25) is 0 Å². The van der Waals surface area contributed by atoms with Crippen LogP contribution in [0.2, 0.25) is 5.02 Å². The van der Waals surface area contributed by atoms with E-state index in [0.717, 1.165) is 15.7 Å². The van der Waals surface area contributed by atoms with E-state index in [2.05, 4.69) is 4.98 Å². The highest BCUT2D eigenvalue weighted by molar-refractivity contribution is 6.32. The fraction of sp³-hybridized carbons (Fsp3) is 0.214. The average Bonchev–Trinajstić information content (AvgIpc) is 2.89. The molecule has 0 saturated heterocycles. The number of hydrogen-bond donors (Lipinski definition) is 2. The molecule has 1 aromatic heterocycles. The van der Waals surface area contributed by atoms with E-state index in [4.69, 9.17) is 22.1 Å². The van der Waals surface area contributed by atoms with Gasteiger partial charge in [-0.25, -0.2) is 14.2 Å². The lowest BCUT2D eigenvalue weighted by Gasteiger charge is -2.23. The Labute approximate surface area is 223 Å². The number of carbonyl (C=O) groups is 2. The zero-order valence-corrected chi connectivity index (χ0v) is 21.9. The first-order chi connectivity index (χ1) is 18.1. The van der Waals surface area contributed by atoms with Crippen LogP contribution in [-0.4, -0.2) is 39.5 Å². The molecular weight excluding hydrogens is 508 g/mol. The van der Waals surface area contributed by atoms with Crippen LogP contribution in [0.4, 0.5) is 4.79 Å². The minimum atomic E-state index is -1.35. The van der Waals surface area contributed by atoms with Crippen LogP contribution in [0.1, 0.15) is 25.5 Å². The maximum absolute atomic E-state index is 13.6. The Kier molecular flexibility index (Phi) is 7.68. The minimum Gasteiger partial charge on any atom is -0.489 e. The number of nitrogens with two attached hydrogens (primary N) is 1. The number of aromatic amines is 1. The van der Waals surface area contributed by atoms with Gasteiger partial charge in [-0.2, -0.15) is 0 Å². The van der Waals surface area contributed by atoms with Gasteiger partial charge < -0.3 is 15.5 Å². The van der Waals surface area contributed by atoms with E-state index in [-0.39, 0.29) is 28.5 Å². The number of aromatic nitrogens is 2. The van der Waals surface area contributed by atoms with Crippen molar-refractivity contribution in [3.05, 3.63) is 98.2 Å². The predicted octanol–water partition coefficient (Wildman–Crippen LogP) is 4.12. The maximum Gasteiger partial charge on any atom is 0.329 e. The number of primary amides is 1. The van der Waals surface area contributed by atoms with E-state index in [1.165, 1.54) is 19.2 Å². The summed E-state index contributed by atoms with van der Waals surface area (Å²) in [6.45, 7) is 3.64. The number of amides is 3. The van der Waals surface area contributed by atoms with Gasteiger partial charge in [0.1, 0.15) is 11.8 Å². The Hall–Kier alpha value is -4.37. The molecule has 0 aliphatic heterocycles. The number of rotatable bonds is 7. The molecule has 0 fully saturated rings. The van der Waals surface area contributed by atoms with Gasteiger partial charge in [0.25, 0.3) is 11.5 Å². The van der Waals surface area contributed by atoms with E-state index in [9.17, 15) is 19.2 Å². The molecule has 0 bridgehead atoms. The second kappa shape index (κ2) is 10.9. The summed E-state index contributed by atoms with van der Waals surface area (Å²) in [5.41, 5.74) is 6.63. The number of urea groups is 1. The summed E-state index contributed by atoms with van der Waals surface area (Å²) < 4.78 is 6.45. The van der Waals surface area contributed by atoms with E-state index < -0.39 is 29.2 Å². The van der Waals surface area contributed by atoms with Crippen molar-refractivity contribution in [2.24, 2.45) is 5.73 Å². The van der Waals surface area contributed by atoms with Crippen LogP contribution in [0.25, 0.3) is 22.0 Å². The van der Waals surface area contributed by atoms with E-state index in [1.807, 2.05) is 56.3 Å². The molecule has 196 valence electrons. The molecule has 1 heterocycles. The first kappa shape index (κ1) is 26.7. The quantitative estimate of drug-likeness (QED) is 0.368. The standard InChI is InChI=1S/C28H27ClN4O5/c1-16(2)38-24-15-22-20(14-21(24)29)25(34)33(28(37)31-22)23(26(35)32(3)27(30)36)13-17-9-11-19(12-10-17)18-7-5-4-6-8-18/h4-12,14-16,23H,13H2,1-3H3,(H2,30,36)(H,31,37). The molecule has 3 amide bonds. The predicted molar refractivity (Wildman–Crippen MR) is 147 cm³/mol. The Morgan fingerprint density at radius 1 is 1.03 bits per heavy atom. The molecule has 38 heavy (non-hydrogen) atoms. The fourth-order valence-corrected chi connectivity index (χ4v) is 4.38.